The summed E-state index contributed by atoms with van der Waals surface area (Å²) in [6, 6.07) is 28.4. The minimum absolute atomic E-state index is 0.00582. The number of nitrogens with zero attached hydrogens (tertiary/aromatic N) is 2. The Bertz CT molecular complexity index is 1320. The summed E-state index contributed by atoms with van der Waals surface area (Å²) in [5.74, 6) is 0.556. The summed E-state index contributed by atoms with van der Waals surface area (Å²) in [5, 5.41) is 17.6. The third-order valence-corrected chi connectivity index (χ3v) is 6.77. The van der Waals surface area contributed by atoms with Crippen LogP contribution in [0.25, 0.3) is 0 Å². The zero-order valence-electron chi connectivity index (χ0n) is 20.3. The van der Waals surface area contributed by atoms with E-state index in [9.17, 15) is 14.9 Å². The van der Waals surface area contributed by atoms with Crippen LogP contribution in [-0.4, -0.2) is 28.1 Å². The van der Waals surface area contributed by atoms with Crippen molar-refractivity contribution in [2.45, 2.75) is 24.3 Å². The van der Waals surface area contributed by atoms with Crippen LogP contribution in [-0.2, 0) is 19.4 Å². The van der Waals surface area contributed by atoms with Crippen molar-refractivity contribution in [2.75, 3.05) is 17.6 Å². The topological polar surface area (TPSA) is 97.2 Å². The lowest BCUT2D eigenvalue weighted by Gasteiger charge is -2.10. The van der Waals surface area contributed by atoms with Crippen LogP contribution in [0.15, 0.2) is 102 Å². The van der Waals surface area contributed by atoms with Gasteiger partial charge >= 0.3 is 0 Å². The summed E-state index contributed by atoms with van der Waals surface area (Å²) in [5.41, 5.74) is 3.83. The molecule has 1 heterocycles. The number of carbonyl (C=O) groups excluding carboxylic acids is 1. The van der Waals surface area contributed by atoms with Crippen molar-refractivity contribution in [2.24, 2.45) is 0 Å². The van der Waals surface area contributed by atoms with Gasteiger partial charge in [0, 0.05) is 47.3 Å². The van der Waals surface area contributed by atoms with Gasteiger partial charge in [0.1, 0.15) is 5.69 Å². The van der Waals surface area contributed by atoms with Gasteiger partial charge in [-0.25, -0.2) is 0 Å². The van der Waals surface area contributed by atoms with E-state index in [0.29, 0.717) is 23.4 Å². The first-order valence-electron chi connectivity index (χ1n) is 12.0. The summed E-state index contributed by atoms with van der Waals surface area (Å²) in [7, 11) is 0. The van der Waals surface area contributed by atoms with Crippen molar-refractivity contribution in [1.29, 1.82) is 0 Å². The van der Waals surface area contributed by atoms with E-state index in [0.717, 1.165) is 34.7 Å². The minimum atomic E-state index is -0.401. The number of aryl methyl sites for hydroxylation is 2. The van der Waals surface area contributed by atoms with Gasteiger partial charge in [-0.05, 0) is 66.4 Å². The molecule has 0 saturated carbocycles. The molecule has 7 nitrogen and oxygen atoms in total. The van der Waals surface area contributed by atoms with Gasteiger partial charge in [-0.15, -0.1) is 11.8 Å². The molecule has 188 valence electrons. The first kappa shape index (κ1) is 25.9. The Morgan fingerprint density at radius 2 is 1.65 bits per heavy atom. The Labute approximate surface area is 220 Å². The second-order valence-electron chi connectivity index (χ2n) is 8.40. The van der Waals surface area contributed by atoms with E-state index in [1.165, 1.54) is 6.07 Å². The first-order chi connectivity index (χ1) is 18.1. The molecule has 0 aliphatic rings. The molecule has 2 N–H and O–H groups in total. The molecule has 8 heteroatoms. The SMILES string of the molecule is O=C(NCc1ccc(NCCSc2ccccc2)c([N+](=O)[O-])c1)c1ccc(CCc2ccccn2)cc1. The summed E-state index contributed by atoms with van der Waals surface area (Å²) < 4.78 is 0. The van der Waals surface area contributed by atoms with E-state index >= 15 is 0 Å². The quantitative estimate of drug-likeness (QED) is 0.106. The third kappa shape index (κ3) is 7.91. The maximum Gasteiger partial charge on any atom is 0.292 e. The third-order valence-electron chi connectivity index (χ3n) is 5.75. The van der Waals surface area contributed by atoms with E-state index in [2.05, 4.69) is 15.6 Å². The summed E-state index contributed by atoms with van der Waals surface area (Å²) >= 11 is 1.69. The number of hydrogen-bond donors (Lipinski definition) is 2. The molecule has 37 heavy (non-hydrogen) atoms. The van der Waals surface area contributed by atoms with Gasteiger partial charge < -0.3 is 10.6 Å². The summed E-state index contributed by atoms with van der Waals surface area (Å²) in [6.45, 7) is 0.791. The van der Waals surface area contributed by atoms with Crippen molar-refractivity contribution in [1.82, 2.24) is 10.3 Å². The number of carbonyl (C=O) groups is 1. The monoisotopic (exact) mass is 512 g/mol. The summed E-state index contributed by atoms with van der Waals surface area (Å²) in [6.07, 6.45) is 3.46. The highest BCUT2D eigenvalue weighted by atomic mass is 32.2. The van der Waals surface area contributed by atoms with Gasteiger partial charge in [-0.3, -0.25) is 19.9 Å². The number of hydrogen-bond acceptors (Lipinski definition) is 6. The number of rotatable bonds is 12. The Balaban J connectivity index is 1.27. The molecule has 0 saturated heterocycles. The molecule has 0 spiro atoms. The van der Waals surface area contributed by atoms with Crippen molar-refractivity contribution in [3.05, 3.63) is 130 Å². The number of nitro groups is 1. The number of pyridine rings is 1. The van der Waals surface area contributed by atoms with Crippen molar-refractivity contribution < 1.29 is 9.72 Å². The first-order valence-corrected chi connectivity index (χ1v) is 13.0. The van der Waals surface area contributed by atoms with Crippen molar-refractivity contribution in [3.8, 4) is 0 Å². The number of amides is 1. The minimum Gasteiger partial charge on any atom is -0.379 e. The predicted molar refractivity (Wildman–Crippen MR) is 148 cm³/mol. The fourth-order valence-electron chi connectivity index (χ4n) is 3.78. The van der Waals surface area contributed by atoms with E-state index in [1.54, 1.807) is 42.2 Å². The van der Waals surface area contributed by atoms with Crippen molar-refractivity contribution in [3.63, 3.8) is 0 Å². The zero-order chi connectivity index (χ0) is 25.9. The van der Waals surface area contributed by atoms with Gasteiger partial charge in [-0.1, -0.05) is 42.5 Å². The van der Waals surface area contributed by atoms with Crippen LogP contribution < -0.4 is 10.6 Å². The molecule has 1 aromatic heterocycles. The maximum absolute atomic E-state index is 12.6. The number of nitro benzene ring substituents is 1. The van der Waals surface area contributed by atoms with Crippen LogP contribution in [0.4, 0.5) is 11.4 Å². The van der Waals surface area contributed by atoms with Crippen LogP contribution in [0.2, 0.25) is 0 Å². The normalized spacial score (nSPS) is 10.6. The molecular formula is C29H28N4O3S. The van der Waals surface area contributed by atoms with Crippen LogP contribution in [0.1, 0.15) is 27.2 Å². The number of nitrogens with one attached hydrogen (secondary N) is 2. The zero-order valence-corrected chi connectivity index (χ0v) is 21.1. The van der Waals surface area contributed by atoms with E-state index in [-0.39, 0.29) is 18.1 Å². The van der Waals surface area contributed by atoms with Gasteiger partial charge in [0.25, 0.3) is 11.6 Å². The molecule has 3 aromatic carbocycles. The lowest BCUT2D eigenvalue weighted by molar-refractivity contribution is -0.384. The standard InChI is InChI=1S/C29H28N4O3S/c34-29(24-13-9-22(10-14-24)11-15-25-6-4-5-17-30-25)32-21-23-12-16-27(28(20-23)33(35)36)31-18-19-37-26-7-2-1-3-8-26/h1-10,12-14,16-17,20,31H,11,15,18-19,21H2,(H,32,34). The summed E-state index contributed by atoms with van der Waals surface area (Å²) in [4.78, 5) is 29.3. The second-order valence-corrected chi connectivity index (χ2v) is 9.57. The molecule has 0 aliphatic heterocycles. The Morgan fingerprint density at radius 3 is 2.38 bits per heavy atom. The molecule has 0 radical (unpaired) electrons. The van der Waals surface area contributed by atoms with Gasteiger partial charge in [0.15, 0.2) is 0 Å². The number of anilines is 1. The van der Waals surface area contributed by atoms with Crippen LogP contribution in [0, 0.1) is 10.1 Å². The van der Waals surface area contributed by atoms with Gasteiger partial charge in [0.2, 0.25) is 0 Å². The van der Waals surface area contributed by atoms with Crippen molar-refractivity contribution >= 4 is 29.0 Å². The predicted octanol–water partition coefficient (Wildman–Crippen LogP) is 5.91. The Morgan fingerprint density at radius 1 is 0.892 bits per heavy atom. The molecular weight excluding hydrogens is 484 g/mol. The molecule has 0 unspecified atom stereocenters. The average Bonchev–Trinajstić information content (AvgIpc) is 2.94. The smallest absolute Gasteiger partial charge is 0.292 e. The van der Waals surface area contributed by atoms with Gasteiger partial charge in [-0.2, -0.15) is 0 Å². The molecule has 4 aromatic rings. The number of aromatic nitrogens is 1. The molecule has 0 atom stereocenters. The van der Waals surface area contributed by atoms with Crippen LogP contribution in [0.3, 0.4) is 0 Å². The molecule has 4 rings (SSSR count). The Hall–Kier alpha value is -4.17. The molecule has 0 aliphatic carbocycles. The lowest BCUT2D eigenvalue weighted by Crippen LogP contribution is -2.22. The second kappa shape index (κ2) is 13.2. The highest BCUT2D eigenvalue weighted by Gasteiger charge is 2.15. The Kier molecular flexibility index (Phi) is 9.26. The van der Waals surface area contributed by atoms with E-state index in [1.807, 2.05) is 60.7 Å². The van der Waals surface area contributed by atoms with E-state index < -0.39 is 4.92 Å². The van der Waals surface area contributed by atoms with E-state index in [4.69, 9.17) is 0 Å². The number of thioether (sulfide) groups is 1. The maximum atomic E-state index is 12.6. The largest absolute Gasteiger partial charge is 0.379 e. The highest BCUT2D eigenvalue weighted by molar-refractivity contribution is 7.99. The fourth-order valence-corrected chi connectivity index (χ4v) is 4.57. The fraction of sp³-hybridized carbons (Fsp3) is 0.172. The molecule has 1 amide bonds. The average molecular weight is 513 g/mol. The number of benzene rings is 3. The highest BCUT2D eigenvalue weighted by Crippen LogP contribution is 2.26. The van der Waals surface area contributed by atoms with Crippen LogP contribution >= 0.6 is 11.8 Å². The molecule has 0 bridgehead atoms. The lowest BCUT2D eigenvalue weighted by atomic mass is 10.1. The van der Waals surface area contributed by atoms with Gasteiger partial charge in [0.05, 0.1) is 4.92 Å². The molecule has 0 fully saturated rings. The van der Waals surface area contributed by atoms with Crippen LogP contribution in [0.5, 0.6) is 0 Å².